The van der Waals surface area contributed by atoms with Crippen molar-refractivity contribution in [1.29, 1.82) is 0 Å². The zero-order valence-electron chi connectivity index (χ0n) is 22.6. The summed E-state index contributed by atoms with van der Waals surface area (Å²) < 4.78 is 12.2. The van der Waals surface area contributed by atoms with E-state index in [0.717, 1.165) is 12.8 Å². The van der Waals surface area contributed by atoms with Gasteiger partial charge < -0.3 is 30.7 Å². The van der Waals surface area contributed by atoms with Crippen molar-refractivity contribution < 1.29 is 23.9 Å². The van der Waals surface area contributed by atoms with Crippen LogP contribution in [0.15, 0.2) is 36.5 Å². The number of amides is 3. The fourth-order valence-electron chi connectivity index (χ4n) is 3.87. The van der Waals surface area contributed by atoms with E-state index < -0.39 is 11.1 Å². The molecule has 206 valence electrons. The Kier molecular flexibility index (Phi) is 9.33. The van der Waals surface area contributed by atoms with E-state index in [-0.39, 0.29) is 41.5 Å². The molecular weight excluding hydrogens is 525 g/mol. The zero-order chi connectivity index (χ0) is 29.6. The molecule has 4 rings (SSSR count). The number of nitrogens with zero attached hydrogens (tertiary/aromatic N) is 4. The monoisotopic (exact) mass is 552 g/mol. The summed E-state index contributed by atoms with van der Waals surface area (Å²) in [6, 6.07) is 8.60. The number of ether oxygens (including phenoxy) is 2. The van der Waals surface area contributed by atoms with E-state index in [2.05, 4.69) is 36.6 Å². The van der Waals surface area contributed by atoms with E-state index >= 15 is 0 Å². The SMILES string of the molecule is [B]C([B])([B])NC(=O)c1nnc(NC(=O)C2CC2)cc1Nc1cccc(-c2ccn(CCNC(=O)COC)n2)c1OC. The van der Waals surface area contributed by atoms with Crippen LogP contribution in [0.5, 0.6) is 5.75 Å². The predicted octanol–water partition coefficient (Wildman–Crippen LogP) is 0.0500. The fourth-order valence-corrected chi connectivity index (χ4v) is 3.87. The zero-order valence-corrected chi connectivity index (χ0v) is 22.6. The Morgan fingerprint density at radius 1 is 1.10 bits per heavy atom. The number of nitrogens with one attached hydrogen (secondary N) is 4. The first kappa shape index (κ1) is 29.7. The number of anilines is 3. The number of aromatic nitrogens is 4. The van der Waals surface area contributed by atoms with Gasteiger partial charge in [0.25, 0.3) is 5.91 Å². The number of carbonyl (C=O) groups excluding carboxylic acids is 3. The normalized spacial score (nSPS) is 12.8. The van der Waals surface area contributed by atoms with Gasteiger partial charge in [-0.05, 0) is 31.0 Å². The molecular formula is C25H27B3N8O5. The summed E-state index contributed by atoms with van der Waals surface area (Å²) in [5.74, 6) is -0.693. The molecule has 1 aliphatic carbocycles. The largest absolute Gasteiger partial charge is 0.494 e. The Balaban J connectivity index is 1.60. The molecule has 41 heavy (non-hydrogen) atoms. The van der Waals surface area contributed by atoms with Crippen LogP contribution in [0.1, 0.15) is 23.3 Å². The second-order valence-corrected chi connectivity index (χ2v) is 9.40. The molecule has 0 aliphatic heterocycles. The highest BCUT2D eigenvalue weighted by atomic mass is 16.5. The van der Waals surface area contributed by atoms with Crippen LogP contribution in [-0.2, 0) is 20.9 Å². The van der Waals surface area contributed by atoms with Gasteiger partial charge in [-0.2, -0.15) is 5.10 Å². The third-order valence-electron chi connectivity index (χ3n) is 5.88. The highest BCUT2D eigenvalue weighted by Crippen LogP contribution is 2.38. The first-order valence-corrected chi connectivity index (χ1v) is 12.7. The molecule has 16 heteroatoms. The summed E-state index contributed by atoms with van der Waals surface area (Å²) in [6.45, 7) is 0.798. The van der Waals surface area contributed by atoms with Crippen LogP contribution in [0.4, 0.5) is 17.2 Å². The highest BCUT2D eigenvalue weighted by Gasteiger charge is 2.30. The molecule has 1 aliphatic rings. The van der Waals surface area contributed by atoms with Crippen molar-refractivity contribution in [2.75, 3.05) is 38.0 Å². The molecule has 0 spiro atoms. The number of hydrogen-bond acceptors (Lipinski definition) is 9. The molecule has 0 unspecified atom stereocenters. The van der Waals surface area contributed by atoms with Crippen molar-refractivity contribution in [1.82, 2.24) is 30.6 Å². The fraction of sp³-hybridized carbons (Fsp3) is 0.360. The van der Waals surface area contributed by atoms with Crippen LogP contribution < -0.4 is 26.0 Å². The number of rotatable bonds is 13. The molecule has 0 bridgehead atoms. The van der Waals surface area contributed by atoms with Crippen LogP contribution in [0, 0.1) is 5.92 Å². The number of benzene rings is 1. The van der Waals surface area contributed by atoms with Crippen molar-refractivity contribution in [2.24, 2.45) is 5.92 Å². The summed E-state index contributed by atoms with van der Waals surface area (Å²) in [5, 5.41) is 21.3. The Bertz CT molecular complexity index is 1420. The van der Waals surface area contributed by atoms with E-state index in [1.165, 1.54) is 20.3 Å². The van der Waals surface area contributed by atoms with Crippen LogP contribution in [0.2, 0.25) is 0 Å². The number of hydrogen-bond donors (Lipinski definition) is 4. The molecule has 3 aromatic rings. The van der Waals surface area contributed by atoms with Crippen molar-refractivity contribution in [3.05, 3.63) is 42.2 Å². The highest BCUT2D eigenvalue weighted by molar-refractivity contribution is 6.60. The van der Waals surface area contributed by atoms with Gasteiger partial charge in [0.05, 0.1) is 54.3 Å². The molecule has 1 fully saturated rings. The summed E-state index contributed by atoms with van der Waals surface area (Å²) in [7, 11) is 19.6. The second kappa shape index (κ2) is 12.9. The van der Waals surface area contributed by atoms with Gasteiger partial charge in [0.2, 0.25) is 11.8 Å². The third-order valence-corrected chi connectivity index (χ3v) is 5.88. The van der Waals surface area contributed by atoms with Gasteiger partial charge in [0.15, 0.2) is 17.3 Å². The number of carbonyl (C=O) groups is 3. The minimum Gasteiger partial charge on any atom is -0.494 e. The second-order valence-electron chi connectivity index (χ2n) is 9.40. The quantitative estimate of drug-likeness (QED) is 0.215. The maximum atomic E-state index is 12.9. The number of para-hydroxylation sites is 1. The Hall–Kier alpha value is -4.33. The molecule has 0 saturated heterocycles. The van der Waals surface area contributed by atoms with Gasteiger partial charge in [-0.25, -0.2) is 0 Å². The molecule has 3 amide bonds. The molecule has 1 aromatic carbocycles. The van der Waals surface area contributed by atoms with E-state index in [9.17, 15) is 14.4 Å². The van der Waals surface area contributed by atoms with E-state index in [1.807, 2.05) is 6.07 Å². The summed E-state index contributed by atoms with van der Waals surface area (Å²) >= 11 is 0. The van der Waals surface area contributed by atoms with Crippen molar-refractivity contribution >= 4 is 58.5 Å². The summed E-state index contributed by atoms with van der Waals surface area (Å²) in [5.41, 5.74) is 1.73. The van der Waals surface area contributed by atoms with Crippen molar-refractivity contribution in [3.8, 4) is 17.0 Å². The molecule has 4 N–H and O–H groups in total. The van der Waals surface area contributed by atoms with Gasteiger partial charge in [-0.3, -0.25) is 19.1 Å². The predicted molar refractivity (Wildman–Crippen MR) is 153 cm³/mol. The maximum Gasteiger partial charge on any atom is 0.272 e. The van der Waals surface area contributed by atoms with Crippen LogP contribution in [0.25, 0.3) is 11.3 Å². The number of methoxy groups -OCH3 is 2. The van der Waals surface area contributed by atoms with Gasteiger partial charge >= 0.3 is 0 Å². The van der Waals surface area contributed by atoms with Crippen molar-refractivity contribution in [2.45, 2.75) is 24.6 Å². The van der Waals surface area contributed by atoms with Gasteiger partial charge in [0.1, 0.15) is 6.61 Å². The molecule has 6 radical (unpaired) electrons. The lowest BCUT2D eigenvalue weighted by Gasteiger charge is -2.23. The van der Waals surface area contributed by atoms with E-state index in [4.69, 9.17) is 33.0 Å². The molecule has 1 saturated carbocycles. The van der Waals surface area contributed by atoms with Crippen molar-refractivity contribution in [3.63, 3.8) is 0 Å². The molecule has 2 heterocycles. The minimum atomic E-state index is -2.00. The topological polar surface area (TPSA) is 161 Å². The molecule has 0 atom stereocenters. The van der Waals surface area contributed by atoms with Gasteiger partial charge in [-0.1, -0.05) is 11.3 Å². The Morgan fingerprint density at radius 2 is 1.88 bits per heavy atom. The van der Waals surface area contributed by atoms with Crippen LogP contribution in [-0.4, -0.2) is 93.8 Å². The maximum absolute atomic E-state index is 12.9. The molecule has 13 nitrogen and oxygen atoms in total. The first-order valence-electron chi connectivity index (χ1n) is 12.7. The minimum absolute atomic E-state index is 0.0162. The summed E-state index contributed by atoms with van der Waals surface area (Å²) in [4.78, 5) is 36.8. The van der Waals surface area contributed by atoms with E-state index in [0.29, 0.717) is 35.8 Å². The van der Waals surface area contributed by atoms with Crippen LogP contribution in [0.3, 0.4) is 0 Å². The smallest absolute Gasteiger partial charge is 0.272 e. The van der Waals surface area contributed by atoms with Gasteiger partial charge in [-0.15, -0.1) is 10.2 Å². The lowest BCUT2D eigenvalue weighted by atomic mass is 9.49. The Morgan fingerprint density at radius 3 is 2.56 bits per heavy atom. The lowest BCUT2D eigenvalue weighted by molar-refractivity contribution is -0.124. The first-order chi connectivity index (χ1) is 19.6. The lowest BCUT2D eigenvalue weighted by Crippen LogP contribution is -2.50. The van der Waals surface area contributed by atoms with Gasteiger partial charge in [0, 0.05) is 37.4 Å². The van der Waals surface area contributed by atoms with Crippen LogP contribution >= 0.6 is 0 Å². The summed E-state index contributed by atoms with van der Waals surface area (Å²) in [6.07, 6.45) is 3.39. The molecule has 2 aromatic heterocycles. The standard InChI is InChI=1S/C25H27B3N8O5/c1-40-13-20(37)29-9-11-36-10-8-16(35-36)15-4-3-5-17(22(15)41-2)30-18-12-19(31-23(38)14-6-7-14)33-34-21(18)24(39)32-25(26,27)28/h3-5,8,10,12,14H,6-7,9,11,13H2,1-2H3,(H,29,37)(H,32,39)(H2,30,31,33,38). The van der Waals surface area contributed by atoms with E-state index in [1.54, 1.807) is 29.1 Å². The average molecular weight is 552 g/mol. The average Bonchev–Trinajstić information content (AvgIpc) is 3.66. The third kappa shape index (κ3) is 8.10. The Labute approximate surface area is 240 Å².